The molecule has 1 atom stereocenters. The molecule has 0 aliphatic carbocycles. The van der Waals surface area contributed by atoms with Gasteiger partial charge in [0.05, 0.1) is 0 Å². The summed E-state index contributed by atoms with van der Waals surface area (Å²) in [6, 6.07) is 0. The van der Waals surface area contributed by atoms with Gasteiger partial charge in [0.2, 0.25) is 0 Å². The first-order valence-electron chi connectivity index (χ1n) is 27.7. The molecule has 0 bridgehead atoms. The van der Waals surface area contributed by atoms with E-state index >= 15 is 0 Å². The quantitative estimate of drug-likeness (QED) is 0.0262. The predicted molar refractivity (Wildman–Crippen MR) is 284 cm³/mol. The van der Waals surface area contributed by atoms with E-state index in [0.29, 0.717) is 19.3 Å². The van der Waals surface area contributed by atoms with Crippen LogP contribution in [-0.4, -0.2) is 37.2 Å². The molecule has 0 rings (SSSR count). The summed E-state index contributed by atoms with van der Waals surface area (Å²) in [5.74, 6) is -0.944. The molecule has 378 valence electrons. The van der Waals surface area contributed by atoms with Crippen LogP contribution in [0.25, 0.3) is 0 Å². The highest BCUT2D eigenvalue weighted by atomic mass is 16.6. The summed E-state index contributed by atoms with van der Waals surface area (Å²) in [6.45, 7) is 6.47. The monoisotopic (exact) mass is 919 g/mol. The number of carbonyl (C=O) groups excluding carboxylic acids is 3. The zero-order valence-corrected chi connectivity index (χ0v) is 43.2. The molecule has 6 nitrogen and oxygen atoms in total. The van der Waals surface area contributed by atoms with Gasteiger partial charge in [0.1, 0.15) is 13.2 Å². The molecule has 0 saturated heterocycles. The Hall–Kier alpha value is -3.41. The molecule has 0 heterocycles. The van der Waals surface area contributed by atoms with E-state index in [-0.39, 0.29) is 31.1 Å². The Labute approximate surface area is 407 Å². The van der Waals surface area contributed by atoms with E-state index in [0.717, 1.165) is 96.3 Å². The highest BCUT2D eigenvalue weighted by Gasteiger charge is 2.19. The summed E-state index contributed by atoms with van der Waals surface area (Å²) in [5.41, 5.74) is 0. The second-order valence-electron chi connectivity index (χ2n) is 18.3. The summed E-state index contributed by atoms with van der Waals surface area (Å²) < 4.78 is 16.8. The van der Waals surface area contributed by atoms with Gasteiger partial charge in [0.15, 0.2) is 6.10 Å². The smallest absolute Gasteiger partial charge is 0.306 e. The molecule has 0 N–H and O–H groups in total. The fraction of sp³-hybridized carbons (Fsp3) is 0.717. The Balaban J connectivity index is 4.40. The van der Waals surface area contributed by atoms with Crippen molar-refractivity contribution in [3.8, 4) is 0 Å². The second kappa shape index (κ2) is 54.2. The number of hydrogen-bond donors (Lipinski definition) is 0. The first kappa shape index (κ1) is 62.6. The van der Waals surface area contributed by atoms with Gasteiger partial charge in [-0.3, -0.25) is 14.4 Å². The number of ether oxygens (including phenoxy) is 3. The fourth-order valence-electron chi connectivity index (χ4n) is 7.57. The minimum atomic E-state index is -0.800. The standard InChI is InChI=1S/C60H102O6/c1-4-7-10-13-16-19-22-24-26-28-30-32-33-35-38-41-44-47-50-53-59(62)65-56-57(55-64-58(61)52-49-46-43-40-37-21-18-15-12-9-6-3)66-60(63)54-51-48-45-42-39-36-34-31-29-27-25-23-20-17-14-11-8-5-2/h11,14-15,17-18,20-21,23,25,27,29,31,34,37,57H,4-10,12-13,16,19,22,24,26,28,30,32-33,35-36,38-56H2,1-3H3/b14-11-,18-15-,20-17-,25-23-,29-27-,34-31-,37-21-. The van der Waals surface area contributed by atoms with Gasteiger partial charge >= 0.3 is 17.9 Å². The molecule has 0 aromatic rings. The number of rotatable bonds is 49. The maximum absolute atomic E-state index is 12.8. The van der Waals surface area contributed by atoms with E-state index < -0.39 is 6.10 Å². The van der Waals surface area contributed by atoms with Gasteiger partial charge in [-0.1, -0.05) is 266 Å². The molecule has 0 amide bonds. The molecule has 0 aromatic heterocycles. The van der Waals surface area contributed by atoms with Crippen LogP contribution in [0.4, 0.5) is 0 Å². The van der Waals surface area contributed by atoms with E-state index in [2.05, 4.69) is 81.5 Å². The van der Waals surface area contributed by atoms with E-state index in [9.17, 15) is 14.4 Å². The van der Waals surface area contributed by atoms with Crippen LogP contribution in [-0.2, 0) is 28.6 Å². The van der Waals surface area contributed by atoms with Gasteiger partial charge in [-0.25, -0.2) is 0 Å². The highest BCUT2D eigenvalue weighted by molar-refractivity contribution is 5.71. The first-order valence-corrected chi connectivity index (χ1v) is 27.7. The minimum Gasteiger partial charge on any atom is -0.462 e. The van der Waals surface area contributed by atoms with Gasteiger partial charge in [-0.05, 0) is 57.8 Å². The molecule has 1 unspecified atom stereocenters. The fourth-order valence-corrected chi connectivity index (χ4v) is 7.57. The summed E-state index contributed by atoms with van der Waals surface area (Å²) in [7, 11) is 0. The van der Waals surface area contributed by atoms with Gasteiger partial charge in [0.25, 0.3) is 0 Å². The van der Waals surface area contributed by atoms with Crippen molar-refractivity contribution in [3.63, 3.8) is 0 Å². The highest BCUT2D eigenvalue weighted by Crippen LogP contribution is 2.16. The van der Waals surface area contributed by atoms with E-state index in [4.69, 9.17) is 14.2 Å². The van der Waals surface area contributed by atoms with Crippen molar-refractivity contribution in [1.82, 2.24) is 0 Å². The molecule has 0 saturated carbocycles. The number of allylic oxidation sites excluding steroid dienone is 14. The van der Waals surface area contributed by atoms with Crippen molar-refractivity contribution in [2.75, 3.05) is 13.2 Å². The van der Waals surface area contributed by atoms with Crippen LogP contribution < -0.4 is 0 Å². The molecule has 0 spiro atoms. The number of unbranched alkanes of at least 4 members (excludes halogenated alkanes) is 29. The maximum Gasteiger partial charge on any atom is 0.306 e. The normalized spacial score (nSPS) is 12.7. The molecule has 6 heteroatoms. The molecule has 0 radical (unpaired) electrons. The van der Waals surface area contributed by atoms with Crippen LogP contribution in [0.2, 0.25) is 0 Å². The molecular weight excluding hydrogens is 817 g/mol. The summed E-state index contributed by atoms with van der Waals surface area (Å²) in [6.07, 6.45) is 70.0. The van der Waals surface area contributed by atoms with Crippen LogP contribution in [0.1, 0.15) is 258 Å². The van der Waals surface area contributed by atoms with Crippen molar-refractivity contribution in [3.05, 3.63) is 85.1 Å². The zero-order chi connectivity index (χ0) is 47.9. The van der Waals surface area contributed by atoms with Crippen molar-refractivity contribution in [2.24, 2.45) is 0 Å². The Morgan fingerprint density at radius 2 is 0.591 bits per heavy atom. The van der Waals surface area contributed by atoms with E-state index in [1.165, 1.54) is 122 Å². The Morgan fingerprint density at radius 1 is 0.303 bits per heavy atom. The lowest BCUT2D eigenvalue weighted by atomic mass is 10.0. The number of esters is 3. The van der Waals surface area contributed by atoms with Gasteiger partial charge < -0.3 is 14.2 Å². The van der Waals surface area contributed by atoms with Gasteiger partial charge in [-0.2, -0.15) is 0 Å². The molecule has 0 fully saturated rings. The number of hydrogen-bond acceptors (Lipinski definition) is 6. The van der Waals surface area contributed by atoms with Gasteiger partial charge in [-0.15, -0.1) is 0 Å². The third-order valence-corrected chi connectivity index (χ3v) is 11.8. The Kier molecular flexibility index (Phi) is 51.4. The summed E-state index contributed by atoms with van der Waals surface area (Å²) in [5, 5.41) is 0. The summed E-state index contributed by atoms with van der Waals surface area (Å²) in [4.78, 5) is 38.0. The maximum atomic E-state index is 12.8. The zero-order valence-electron chi connectivity index (χ0n) is 43.2. The van der Waals surface area contributed by atoms with Crippen molar-refractivity contribution >= 4 is 17.9 Å². The van der Waals surface area contributed by atoms with Crippen LogP contribution in [0.5, 0.6) is 0 Å². The van der Waals surface area contributed by atoms with E-state index in [1.54, 1.807) is 0 Å². The molecule has 0 aliphatic heterocycles. The predicted octanol–water partition coefficient (Wildman–Crippen LogP) is 18.4. The molecule has 0 aromatic carbocycles. The summed E-state index contributed by atoms with van der Waals surface area (Å²) >= 11 is 0. The molecule has 0 aliphatic rings. The Morgan fingerprint density at radius 3 is 0.985 bits per heavy atom. The average molecular weight is 919 g/mol. The lowest BCUT2D eigenvalue weighted by molar-refractivity contribution is -0.167. The van der Waals surface area contributed by atoms with Crippen LogP contribution >= 0.6 is 0 Å². The second-order valence-corrected chi connectivity index (χ2v) is 18.3. The van der Waals surface area contributed by atoms with Crippen molar-refractivity contribution in [1.29, 1.82) is 0 Å². The van der Waals surface area contributed by atoms with Crippen molar-refractivity contribution < 1.29 is 28.6 Å². The van der Waals surface area contributed by atoms with Gasteiger partial charge in [0, 0.05) is 19.3 Å². The molecular formula is C60H102O6. The number of carbonyl (C=O) groups is 3. The van der Waals surface area contributed by atoms with E-state index in [1.807, 2.05) is 24.3 Å². The SMILES string of the molecule is CCC\C=C/C=C\C=C/C=C\C=C/CCCCCCCC(=O)OC(COC(=O)CCCCC/C=C\C=C/CCCC)COC(=O)CCCCCCCCCCCCCCCCCCCCC. The molecule has 66 heavy (non-hydrogen) atoms. The topological polar surface area (TPSA) is 78.9 Å². The van der Waals surface area contributed by atoms with Crippen LogP contribution in [0.15, 0.2) is 85.1 Å². The first-order chi connectivity index (χ1) is 32.5. The van der Waals surface area contributed by atoms with Crippen LogP contribution in [0, 0.1) is 0 Å². The average Bonchev–Trinajstić information content (AvgIpc) is 3.31. The lowest BCUT2D eigenvalue weighted by Gasteiger charge is -2.18. The third-order valence-electron chi connectivity index (χ3n) is 11.8. The van der Waals surface area contributed by atoms with Crippen LogP contribution in [0.3, 0.4) is 0 Å². The van der Waals surface area contributed by atoms with Crippen molar-refractivity contribution in [2.45, 2.75) is 264 Å². The third kappa shape index (κ3) is 51.6. The lowest BCUT2D eigenvalue weighted by Crippen LogP contribution is -2.30. The minimum absolute atomic E-state index is 0.0943. The largest absolute Gasteiger partial charge is 0.462 e. The Bertz CT molecular complexity index is 1290.